The van der Waals surface area contributed by atoms with Crippen LogP contribution < -0.4 is 20.5 Å². The molecule has 0 radical (unpaired) electrons. The second-order valence-corrected chi connectivity index (χ2v) is 6.97. The Bertz CT molecular complexity index is 834. The molecule has 2 aromatic carbocycles. The monoisotopic (exact) mass is 399 g/mol. The molecule has 0 fully saturated rings. The number of nitrogen functional groups attached to an aromatic ring is 1. The van der Waals surface area contributed by atoms with Gasteiger partial charge in [-0.15, -0.1) is 0 Å². The van der Waals surface area contributed by atoms with E-state index in [2.05, 4.69) is 19.2 Å². The lowest BCUT2D eigenvalue weighted by molar-refractivity contribution is -0.141. The average molecular weight is 399 g/mol. The number of rotatable bonds is 10. The van der Waals surface area contributed by atoms with Gasteiger partial charge < -0.3 is 25.3 Å². The Morgan fingerprint density at radius 2 is 1.72 bits per heavy atom. The largest absolute Gasteiger partial charge is 0.494 e. The van der Waals surface area contributed by atoms with Crippen LogP contribution in [-0.2, 0) is 9.53 Å². The fourth-order valence-electron chi connectivity index (χ4n) is 2.67. The summed E-state index contributed by atoms with van der Waals surface area (Å²) in [6.07, 6.45) is 0. The Morgan fingerprint density at radius 3 is 2.24 bits per heavy atom. The number of ether oxygens (including phenoxy) is 3. The molecule has 0 saturated carbocycles. The second kappa shape index (κ2) is 10.4. The van der Waals surface area contributed by atoms with E-state index < -0.39 is 12.0 Å². The predicted octanol–water partition coefficient (Wildman–Crippen LogP) is 3.73. The summed E-state index contributed by atoms with van der Waals surface area (Å²) in [5, 5.41) is 10.7. The van der Waals surface area contributed by atoms with Gasteiger partial charge in [-0.1, -0.05) is 13.8 Å². The van der Waals surface area contributed by atoms with E-state index in [1.54, 1.807) is 30.3 Å². The summed E-state index contributed by atoms with van der Waals surface area (Å²) >= 11 is 0. The van der Waals surface area contributed by atoms with Crippen molar-refractivity contribution in [2.24, 2.45) is 11.7 Å². The fraction of sp³-hybridized carbons (Fsp3) is 0.364. The maximum Gasteiger partial charge on any atom is 0.332 e. The third-order valence-corrected chi connectivity index (χ3v) is 4.07. The molecule has 0 heterocycles. The number of carbonyl (C=O) groups is 1. The van der Waals surface area contributed by atoms with Crippen molar-refractivity contribution >= 4 is 17.5 Å². The summed E-state index contributed by atoms with van der Waals surface area (Å²) in [6.45, 7) is 7.08. The van der Waals surface area contributed by atoms with Crippen LogP contribution in [0.3, 0.4) is 0 Å². The molecule has 29 heavy (non-hydrogen) atoms. The van der Waals surface area contributed by atoms with Gasteiger partial charge in [-0.3, -0.25) is 5.41 Å². The Morgan fingerprint density at radius 1 is 1.10 bits per heavy atom. The Balaban J connectivity index is 2.36. The number of methoxy groups -OCH3 is 1. The minimum absolute atomic E-state index is 0.0163. The zero-order valence-corrected chi connectivity index (χ0v) is 17.3. The van der Waals surface area contributed by atoms with Crippen molar-refractivity contribution in [1.29, 1.82) is 5.41 Å². The number of nitrogens with two attached hydrogens (primary N) is 1. The summed E-state index contributed by atoms with van der Waals surface area (Å²) in [6, 6.07) is 11.6. The van der Waals surface area contributed by atoms with Gasteiger partial charge >= 0.3 is 5.97 Å². The van der Waals surface area contributed by atoms with Crippen LogP contribution in [0.2, 0.25) is 0 Å². The normalized spacial score (nSPS) is 11.6. The minimum Gasteiger partial charge on any atom is -0.494 e. The topological polar surface area (TPSA) is 107 Å². The van der Waals surface area contributed by atoms with Gasteiger partial charge in [-0.25, -0.2) is 4.79 Å². The molecule has 0 aromatic heterocycles. The maximum atomic E-state index is 12.5. The Kier molecular flexibility index (Phi) is 7.88. The zero-order chi connectivity index (χ0) is 21.4. The van der Waals surface area contributed by atoms with Crippen molar-refractivity contribution in [2.45, 2.75) is 26.8 Å². The standard InChI is InChI=1S/C22H29N3O4/c1-5-28-18-10-16(11-19(12-18)29-13-14(2)3)20(22(26)27-4)25-17-8-6-15(7-9-17)21(23)24/h6-12,14,20,25H,5,13H2,1-4H3,(H3,23,24). The first kappa shape index (κ1) is 22.1. The SMILES string of the molecule is CCOc1cc(OCC(C)C)cc(C(Nc2ccc(C(=N)N)cc2)C(=O)OC)c1. The molecule has 1 unspecified atom stereocenters. The van der Waals surface area contributed by atoms with Crippen molar-refractivity contribution in [3.8, 4) is 11.5 Å². The number of carbonyl (C=O) groups excluding carboxylic acids is 1. The number of anilines is 1. The number of hydrogen-bond acceptors (Lipinski definition) is 6. The van der Waals surface area contributed by atoms with E-state index in [-0.39, 0.29) is 5.84 Å². The molecule has 4 N–H and O–H groups in total. The minimum atomic E-state index is -0.759. The van der Waals surface area contributed by atoms with E-state index in [1.807, 2.05) is 19.1 Å². The van der Waals surface area contributed by atoms with Crippen LogP contribution in [0.1, 0.15) is 37.9 Å². The third kappa shape index (κ3) is 6.41. The Hall–Kier alpha value is -3.22. The molecule has 156 valence electrons. The first-order chi connectivity index (χ1) is 13.8. The number of benzene rings is 2. The molecular weight excluding hydrogens is 370 g/mol. The van der Waals surface area contributed by atoms with Crippen molar-refractivity contribution < 1.29 is 19.0 Å². The van der Waals surface area contributed by atoms with Crippen LogP contribution in [0.4, 0.5) is 5.69 Å². The van der Waals surface area contributed by atoms with Crippen LogP contribution >= 0.6 is 0 Å². The summed E-state index contributed by atoms with van der Waals surface area (Å²) in [5.74, 6) is 1.15. The number of amidine groups is 1. The van der Waals surface area contributed by atoms with Crippen molar-refractivity contribution in [2.75, 3.05) is 25.6 Å². The van der Waals surface area contributed by atoms with E-state index in [0.29, 0.717) is 47.4 Å². The molecule has 2 rings (SSSR count). The van der Waals surface area contributed by atoms with Crippen LogP contribution in [0, 0.1) is 11.3 Å². The van der Waals surface area contributed by atoms with Crippen molar-refractivity contribution in [3.63, 3.8) is 0 Å². The van der Waals surface area contributed by atoms with Crippen LogP contribution in [0.5, 0.6) is 11.5 Å². The molecule has 7 heteroatoms. The van der Waals surface area contributed by atoms with Gasteiger partial charge in [0.2, 0.25) is 0 Å². The van der Waals surface area contributed by atoms with Crippen LogP contribution in [0.25, 0.3) is 0 Å². The molecule has 2 aromatic rings. The number of esters is 1. The summed E-state index contributed by atoms with van der Waals surface area (Å²) in [5.41, 5.74) is 7.46. The summed E-state index contributed by atoms with van der Waals surface area (Å²) < 4.78 is 16.5. The van der Waals surface area contributed by atoms with Gasteiger partial charge in [-0.05, 0) is 54.8 Å². The highest BCUT2D eigenvalue weighted by Crippen LogP contribution is 2.30. The van der Waals surface area contributed by atoms with E-state index in [4.69, 9.17) is 25.4 Å². The van der Waals surface area contributed by atoms with Gasteiger partial charge in [0.05, 0.1) is 20.3 Å². The molecule has 0 spiro atoms. The lowest BCUT2D eigenvalue weighted by atomic mass is 10.0. The average Bonchev–Trinajstić information content (AvgIpc) is 2.70. The van der Waals surface area contributed by atoms with E-state index in [0.717, 1.165) is 0 Å². The molecular formula is C22H29N3O4. The fourth-order valence-corrected chi connectivity index (χ4v) is 2.67. The highest BCUT2D eigenvalue weighted by atomic mass is 16.5. The molecule has 0 saturated heterocycles. The van der Waals surface area contributed by atoms with E-state index in [9.17, 15) is 4.79 Å². The first-order valence-electron chi connectivity index (χ1n) is 9.53. The van der Waals surface area contributed by atoms with Gasteiger partial charge in [0.25, 0.3) is 0 Å². The van der Waals surface area contributed by atoms with Gasteiger partial charge in [0, 0.05) is 17.3 Å². The molecule has 7 nitrogen and oxygen atoms in total. The highest BCUT2D eigenvalue weighted by molar-refractivity contribution is 5.95. The van der Waals surface area contributed by atoms with Gasteiger partial charge in [0.15, 0.2) is 6.04 Å². The summed E-state index contributed by atoms with van der Waals surface area (Å²) in [7, 11) is 1.35. The molecule has 1 atom stereocenters. The third-order valence-electron chi connectivity index (χ3n) is 4.07. The summed E-state index contributed by atoms with van der Waals surface area (Å²) in [4.78, 5) is 12.5. The lowest BCUT2D eigenvalue weighted by Crippen LogP contribution is -2.22. The van der Waals surface area contributed by atoms with Gasteiger partial charge in [0.1, 0.15) is 17.3 Å². The van der Waals surface area contributed by atoms with Crippen molar-refractivity contribution in [1.82, 2.24) is 0 Å². The molecule has 0 aliphatic heterocycles. The van der Waals surface area contributed by atoms with Gasteiger partial charge in [-0.2, -0.15) is 0 Å². The first-order valence-corrected chi connectivity index (χ1v) is 9.53. The van der Waals surface area contributed by atoms with Crippen LogP contribution in [-0.4, -0.2) is 32.1 Å². The molecule has 0 amide bonds. The number of nitrogens with one attached hydrogen (secondary N) is 2. The van der Waals surface area contributed by atoms with E-state index in [1.165, 1.54) is 7.11 Å². The molecule has 0 aliphatic rings. The molecule has 0 bridgehead atoms. The van der Waals surface area contributed by atoms with Crippen molar-refractivity contribution in [3.05, 3.63) is 53.6 Å². The lowest BCUT2D eigenvalue weighted by Gasteiger charge is -2.20. The zero-order valence-electron chi connectivity index (χ0n) is 17.3. The predicted molar refractivity (Wildman–Crippen MR) is 114 cm³/mol. The van der Waals surface area contributed by atoms with E-state index >= 15 is 0 Å². The maximum absolute atomic E-state index is 12.5. The van der Waals surface area contributed by atoms with Crippen LogP contribution in [0.15, 0.2) is 42.5 Å². The highest BCUT2D eigenvalue weighted by Gasteiger charge is 2.23. The smallest absolute Gasteiger partial charge is 0.332 e. The number of hydrogen-bond donors (Lipinski definition) is 3. The second-order valence-electron chi connectivity index (χ2n) is 6.97. The quantitative estimate of drug-likeness (QED) is 0.319. The molecule has 0 aliphatic carbocycles. The Labute approximate surface area is 171 Å².